The molecular weight excluding hydrogens is 260 g/mol. The van der Waals surface area contributed by atoms with E-state index in [0.717, 1.165) is 16.9 Å². The van der Waals surface area contributed by atoms with Crippen LogP contribution in [0, 0.1) is 6.92 Å². The predicted molar refractivity (Wildman–Crippen MR) is 86.8 cm³/mol. The second-order valence-corrected chi connectivity index (χ2v) is 6.11. The van der Waals surface area contributed by atoms with Gasteiger partial charge in [-0.05, 0) is 42.5 Å². The Morgan fingerprint density at radius 1 is 1.10 bits per heavy atom. The molecule has 1 unspecified atom stereocenters. The molecule has 0 saturated heterocycles. The van der Waals surface area contributed by atoms with Crippen LogP contribution in [0.3, 0.4) is 0 Å². The molecule has 112 valence electrons. The summed E-state index contributed by atoms with van der Waals surface area (Å²) in [6.45, 7) is 8.36. The molecule has 0 aliphatic carbocycles. The predicted octanol–water partition coefficient (Wildman–Crippen LogP) is 4.40. The van der Waals surface area contributed by atoms with E-state index in [1.54, 1.807) is 6.92 Å². The molecule has 0 heterocycles. The second kappa shape index (κ2) is 6.31. The summed E-state index contributed by atoms with van der Waals surface area (Å²) >= 11 is 0. The molecule has 0 aliphatic heterocycles. The van der Waals surface area contributed by atoms with Crippen LogP contribution in [0.4, 0.5) is 0 Å². The summed E-state index contributed by atoms with van der Waals surface area (Å²) in [7, 11) is 0. The van der Waals surface area contributed by atoms with Crippen molar-refractivity contribution >= 4 is 0 Å². The first kappa shape index (κ1) is 15.6. The van der Waals surface area contributed by atoms with Gasteiger partial charge in [-0.15, -0.1) is 0 Å². The molecule has 0 radical (unpaired) electrons. The highest BCUT2D eigenvalue weighted by atomic mass is 16.5. The molecule has 2 nitrogen and oxygen atoms in total. The topological polar surface area (TPSA) is 29.5 Å². The van der Waals surface area contributed by atoms with Gasteiger partial charge < -0.3 is 9.84 Å². The average Bonchev–Trinajstić information content (AvgIpc) is 2.47. The van der Waals surface area contributed by atoms with Gasteiger partial charge in [0.15, 0.2) is 0 Å². The van der Waals surface area contributed by atoms with Crippen LogP contribution >= 0.6 is 0 Å². The van der Waals surface area contributed by atoms with Crippen molar-refractivity contribution in [2.45, 2.75) is 39.2 Å². The van der Waals surface area contributed by atoms with Gasteiger partial charge in [0.25, 0.3) is 0 Å². The van der Waals surface area contributed by atoms with E-state index in [0.29, 0.717) is 5.92 Å². The molecule has 0 saturated carbocycles. The Kier molecular flexibility index (Phi) is 4.69. The van der Waals surface area contributed by atoms with Gasteiger partial charge in [0.2, 0.25) is 0 Å². The molecule has 2 aromatic carbocycles. The molecule has 0 amide bonds. The molecule has 0 spiro atoms. The zero-order valence-corrected chi connectivity index (χ0v) is 13.3. The Labute approximate surface area is 127 Å². The van der Waals surface area contributed by atoms with Crippen molar-refractivity contribution in [2.75, 3.05) is 6.61 Å². The zero-order valence-electron chi connectivity index (χ0n) is 13.3. The van der Waals surface area contributed by atoms with Crippen molar-refractivity contribution in [3.8, 4) is 5.75 Å². The van der Waals surface area contributed by atoms with E-state index in [-0.39, 0.29) is 6.61 Å². The Bertz CT molecular complexity index is 586. The third-order valence-corrected chi connectivity index (χ3v) is 3.78. The fourth-order valence-electron chi connectivity index (χ4n) is 2.23. The number of benzene rings is 2. The molecule has 0 aromatic heterocycles. The van der Waals surface area contributed by atoms with Crippen molar-refractivity contribution in [1.29, 1.82) is 0 Å². The highest BCUT2D eigenvalue weighted by Crippen LogP contribution is 2.27. The molecule has 1 N–H and O–H groups in total. The van der Waals surface area contributed by atoms with Crippen molar-refractivity contribution in [2.24, 2.45) is 0 Å². The molecule has 2 aromatic rings. The largest absolute Gasteiger partial charge is 0.490 e. The molecule has 0 aliphatic rings. The lowest BCUT2D eigenvalue weighted by Gasteiger charge is -2.25. The fourth-order valence-corrected chi connectivity index (χ4v) is 2.23. The number of ether oxygens (including phenoxy) is 1. The molecule has 1 atom stereocenters. The molecule has 2 rings (SSSR count). The normalized spacial score (nSPS) is 14.0. The first-order valence-electron chi connectivity index (χ1n) is 7.41. The smallest absolute Gasteiger partial charge is 0.122 e. The number of aryl methyl sites for hydroxylation is 1. The van der Waals surface area contributed by atoms with E-state index in [1.807, 2.05) is 37.3 Å². The van der Waals surface area contributed by atoms with Crippen LogP contribution in [-0.2, 0) is 5.60 Å². The van der Waals surface area contributed by atoms with Crippen molar-refractivity contribution < 1.29 is 9.84 Å². The Morgan fingerprint density at radius 3 is 2.38 bits per heavy atom. The number of hydrogen-bond acceptors (Lipinski definition) is 2. The monoisotopic (exact) mass is 284 g/mol. The molecular formula is C19H24O2. The van der Waals surface area contributed by atoms with Gasteiger partial charge in [-0.3, -0.25) is 0 Å². The summed E-state index contributed by atoms with van der Waals surface area (Å²) in [5, 5.41) is 10.6. The molecule has 21 heavy (non-hydrogen) atoms. The highest BCUT2D eigenvalue weighted by Gasteiger charge is 2.24. The minimum atomic E-state index is -0.998. The van der Waals surface area contributed by atoms with Gasteiger partial charge in [-0.2, -0.15) is 0 Å². The summed E-state index contributed by atoms with van der Waals surface area (Å²) in [4.78, 5) is 0. The summed E-state index contributed by atoms with van der Waals surface area (Å²) in [5.74, 6) is 1.31. The highest BCUT2D eigenvalue weighted by molar-refractivity contribution is 5.38. The van der Waals surface area contributed by atoms with Crippen LogP contribution in [0.2, 0.25) is 0 Å². The first-order chi connectivity index (χ1) is 9.90. The SMILES string of the molecule is Cc1ccc(C(C)C)cc1OCC(C)(O)c1ccccc1. The first-order valence-corrected chi connectivity index (χ1v) is 7.41. The fraction of sp³-hybridized carbons (Fsp3) is 0.368. The van der Waals surface area contributed by atoms with E-state index < -0.39 is 5.60 Å². The minimum Gasteiger partial charge on any atom is -0.490 e. The van der Waals surface area contributed by atoms with Gasteiger partial charge in [0, 0.05) is 0 Å². The second-order valence-electron chi connectivity index (χ2n) is 6.11. The maximum absolute atomic E-state index is 10.6. The number of hydrogen-bond donors (Lipinski definition) is 1. The van der Waals surface area contributed by atoms with Gasteiger partial charge in [0.1, 0.15) is 18.0 Å². The van der Waals surface area contributed by atoms with Crippen LogP contribution in [0.25, 0.3) is 0 Å². The summed E-state index contributed by atoms with van der Waals surface area (Å²) < 4.78 is 5.90. The Hall–Kier alpha value is -1.80. The summed E-state index contributed by atoms with van der Waals surface area (Å²) in [5.41, 5.74) is 2.20. The Morgan fingerprint density at radius 2 is 1.76 bits per heavy atom. The molecule has 0 bridgehead atoms. The van der Waals surface area contributed by atoms with Gasteiger partial charge in [0.05, 0.1) is 0 Å². The van der Waals surface area contributed by atoms with Crippen LogP contribution in [0.15, 0.2) is 48.5 Å². The molecule has 2 heteroatoms. The van der Waals surface area contributed by atoms with E-state index in [4.69, 9.17) is 4.74 Å². The van der Waals surface area contributed by atoms with Crippen LogP contribution in [-0.4, -0.2) is 11.7 Å². The van der Waals surface area contributed by atoms with E-state index in [2.05, 4.69) is 32.0 Å². The van der Waals surface area contributed by atoms with Gasteiger partial charge in [-0.25, -0.2) is 0 Å². The standard InChI is InChI=1S/C19H24O2/c1-14(2)16-11-10-15(3)18(12-16)21-13-19(4,20)17-8-6-5-7-9-17/h5-12,14,20H,13H2,1-4H3. The van der Waals surface area contributed by atoms with E-state index in [9.17, 15) is 5.11 Å². The van der Waals surface area contributed by atoms with Gasteiger partial charge in [-0.1, -0.05) is 56.3 Å². The van der Waals surface area contributed by atoms with Crippen LogP contribution < -0.4 is 4.74 Å². The number of rotatable bonds is 5. The third kappa shape index (κ3) is 3.85. The van der Waals surface area contributed by atoms with Crippen molar-refractivity contribution in [3.63, 3.8) is 0 Å². The lowest BCUT2D eigenvalue weighted by molar-refractivity contribution is 0.00737. The van der Waals surface area contributed by atoms with Crippen molar-refractivity contribution in [1.82, 2.24) is 0 Å². The number of aliphatic hydroxyl groups is 1. The quantitative estimate of drug-likeness (QED) is 0.881. The lowest BCUT2D eigenvalue weighted by atomic mass is 9.97. The average molecular weight is 284 g/mol. The zero-order chi connectivity index (χ0) is 15.5. The summed E-state index contributed by atoms with van der Waals surface area (Å²) in [6, 6.07) is 15.9. The maximum Gasteiger partial charge on any atom is 0.122 e. The van der Waals surface area contributed by atoms with Crippen molar-refractivity contribution in [3.05, 3.63) is 65.2 Å². The lowest BCUT2D eigenvalue weighted by Crippen LogP contribution is -2.29. The minimum absolute atomic E-state index is 0.236. The Balaban J connectivity index is 2.14. The summed E-state index contributed by atoms with van der Waals surface area (Å²) in [6.07, 6.45) is 0. The van der Waals surface area contributed by atoms with Crippen LogP contribution in [0.5, 0.6) is 5.75 Å². The van der Waals surface area contributed by atoms with E-state index in [1.165, 1.54) is 5.56 Å². The van der Waals surface area contributed by atoms with Gasteiger partial charge >= 0.3 is 0 Å². The van der Waals surface area contributed by atoms with E-state index >= 15 is 0 Å². The maximum atomic E-state index is 10.6. The van der Waals surface area contributed by atoms with Crippen LogP contribution in [0.1, 0.15) is 43.4 Å². The third-order valence-electron chi connectivity index (χ3n) is 3.78. The molecule has 0 fully saturated rings.